The Labute approximate surface area is 130 Å². The fourth-order valence-electron chi connectivity index (χ4n) is 2.98. The van der Waals surface area contributed by atoms with Gasteiger partial charge in [0.1, 0.15) is 17.1 Å². The molecule has 2 heterocycles. The van der Waals surface area contributed by atoms with Gasteiger partial charge < -0.3 is 10.6 Å². The molecular formula is C15H18ClN5. The molecular weight excluding hydrogens is 286 g/mol. The number of benzene rings is 1. The van der Waals surface area contributed by atoms with Crippen LogP contribution in [0.5, 0.6) is 0 Å². The van der Waals surface area contributed by atoms with Gasteiger partial charge in [0.25, 0.3) is 0 Å². The highest BCUT2D eigenvalue weighted by atomic mass is 35.5. The third kappa shape index (κ3) is 2.92. The summed E-state index contributed by atoms with van der Waals surface area (Å²) in [5.41, 5.74) is 9.16. The van der Waals surface area contributed by atoms with E-state index >= 15 is 0 Å². The van der Waals surface area contributed by atoms with Crippen LogP contribution in [0.3, 0.4) is 0 Å². The largest absolute Gasteiger partial charge is 0.368 e. The summed E-state index contributed by atoms with van der Waals surface area (Å²) in [6.45, 7) is 4.00. The molecule has 1 aromatic heterocycles. The number of aromatic nitrogens is 2. The zero-order chi connectivity index (χ0) is 14.1. The van der Waals surface area contributed by atoms with Crippen LogP contribution in [0.1, 0.15) is 18.9 Å². The topological polar surface area (TPSA) is 78.8 Å². The highest BCUT2D eigenvalue weighted by Crippen LogP contribution is 2.29. The minimum atomic E-state index is 0. The van der Waals surface area contributed by atoms with Crippen LogP contribution >= 0.6 is 12.4 Å². The first-order chi connectivity index (χ1) is 9.69. The van der Waals surface area contributed by atoms with Gasteiger partial charge in [0.2, 0.25) is 0 Å². The molecule has 3 rings (SSSR count). The van der Waals surface area contributed by atoms with Gasteiger partial charge in [0.15, 0.2) is 0 Å². The fraction of sp³-hybridized carbons (Fsp3) is 0.400. The lowest BCUT2D eigenvalue weighted by molar-refractivity contribution is 0.402. The van der Waals surface area contributed by atoms with Crippen molar-refractivity contribution >= 4 is 29.1 Å². The summed E-state index contributed by atoms with van der Waals surface area (Å²) in [7, 11) is 0. The van der Waals surface area contributed by atoms with Gasteiger partial charge in [0, 0.05) is 31.5 Å². The maximum absolute atomic E-state index is 9.17. The Bertz CT molecular complexity index is 671. The van der Waals surface area contributed by atoms with Gasteiger partial charge in [-0.25, -0.2) is 0 Å². The van der Waals surface area contributed by atoms with Crippen molar-refractivity contribution in [1.29, 1.82) is 5.26 Å². The normalized spacial score (nSPS) is 21.7. The van der Waals surface area contributed by atoms with Crippen molar-refractivity contribution in [2.75, 3.05) is 18.0 Å². The number of hydrogen-bond acceptors (Lipinski definition) is 5. The molecule has 0 radical (unpaired) electrons. The van der Waals surface area contributed by atoms with Crippen LogP contribution in [0, 0.1) is 17.2 Å². The van der Waals surface area contributed by atoms with Crippen molar-refractivity contribution in [2.24, 2.45) is 11.7 Å². The van der Waals surface area contributed by atoms with Crippen LogP contribution < -0.4 is 10.6 Å². The Hall–Kier alpha value is -1.90. The van der Waals surface area contributed by atoms with E-state index in [1.807, 2.05) is 12.1 Å². The summed E-state index contributed by atoms with van der Waals surface area (Å²) in [6, 6.07) is 6.13. The number of nitrogens with two attached hydrogens (primary N) is 1. The first-order valence-corrected chi connectivity index (χ1v) is 6.83. The van der Waals surface area contributed by atoms with E-state index in [0.29, 0.717) is 17.0 Å². The van der Waals surface area contributed by atoms with Crippen molar-refractivity contribution in [3.05, 3.63) is 30.1 Å². The molecule has 2 aromatic rings. The van der Waals surface area contributed by atoms with Gasteiger partial charge in [-0.15, -0.1) is 12.4 Å². The monoisotopic (exact) mass is 303 g/mol. The molecule has 21 heavy (non-hydrogen) atoms. The van der Waals surface area contributed by atoms with Crippen LogP contribution in [0.25, 0.3) is 11.0 Å². The van der Waals surface area contributed by atoms with E-state index in [1.54, 1.807) is 12.4 Å². The number of fused-ring (bicyclic) bond motifs is 1. The van der Waals surface area contributed by atoms with Crippen molar-refractivity contribution in [1.82, 2.24) is 9.97 Å². The Balaban J connectivity index is 0.00000161. The van der Waals surface area contributed by atoms with Crippen LogP contribution in [-0.2, 0) is 0 Å². The lowest BCUT2D eigenvalue weighted by Crippen LogP contribution is -2.46. The second-order valence-electron chi connectivity index (χ2n) is 5.50. The number of piperidine rings is 1. The number of halogens is 1. The maximum atomic E-state index is 9.17. The molecule has 2 N–H and O–H groups in total. The van der Waals surface area contributed by atoms with Gasteiger partial charge in [-0.05, 0) is 24.5 Å². The van der Waals surface area contributed by atoms with Gasteiger partial charge in [-0.1, -0.05) is 6.92 Å². The zero-order valence-electron chi connectivity index (χ0n) is 11.9. The summed E-state index contributed by atoms with van der Waals surface area (Å²) < 4.78 is 0. The lowest BCUT2D eigenvalue weighted by Gasteiger charge is -2.36. The first-order valence-electron chi connectivity index (χ1n) is 6.83. The SMILES string of the molecule is C[C@H]1C[C@@H](N)CN(c2ccc(C#N)c3nccnc23)C1.Cl. The number of anilines is 1. The minimum Gasteiger partial charge on any atom is -0.368 e. The molecule has 2 atom stereocenters. The average Bonchev–Trinajstić information content (AvgIpc) is 2.45. The second kappa shape index (κ2) is 6.25. The number of hydrogen-bond donors (Lipinski definition) is 1. The van der Waals surface area contributed by atoms with Crippen LogP contribution in [0.4, 0.5) is 5.69 Å². The molecule has 1 aliphatic heterocycles. The number of nitrogens with zero attached hydrogens (tertiary/aromatic N) is 4. The molecule has 0 amide bonds. The minimum absolute atomic E-state index is 0. The molecule has 110 valence electrons. The van der Waals surface area contributed by atoms with E-state index in [1.165, 1.54) is 0 Å². The molecule has 1 saturated heterocycles. The van der Waals surface area contributed by atoms with Crippen LogP contribution in [0.2, 0.25) is 0 Å². The van der Waals surface area contributed by atoms with E-state index in [0.717, 1.165) is 30.7 Å². The molecule has 0 aliphatic carbocycles. The van der Waals surface area contributed by atoms with E-state index < -0.39 is 0 Å². The smallest absolute Gasteiger partial charge is 0.113 e. The second-order valence-corrected chi connectivity index (χ2v) is 5.50. The van der Waals surface area contributed by atoms with Gasteiger partial charge in [0.05, 0.1) is 11.3 Å². The molecule has 1 fully saturated rings. The Morgan fingerprint density at radius 2 is 1.95 bits per heavy atom. The highest BCUT2D eigenvalue weighted by molar-refractivity contribution is 5.92. The van der Waals surface area contributed by atoms with E-state index in [9.17, 15) is 0 Å². The molecule has 1 aromatic carbocycles. The van der Waals surface area contributed by atoms with E-state index in [2.05, 4.69) is 27.9 Å². The molecule has 0 saturated carbocycles. The Kier molecular flexibility index (Phi) is 4.61. The summed E-state index contributed by atoms with van der Waals surface area (Å²) in [5, 5.41) is 9.17. The quantitative estimate of drug-likeness (QED) is 0.872. The van der Waals surface area contributed by atoms with Crippen molar-refractivity contribution < 1.29 is 0 Å². The van der Waals surface area contributed by atoms with Gasteiger partial charge in [-0.3, -0.25) is 9.97 Å². The molecule has 0 unspecified atom stereocenters. The standard InChI is InChI=1S/C15H17N5.ClH/c1-10-6-12(17)9-20(8-10)13-3-2-11(7-16)14-15(13)19-5-4-18-14;/h2-5,10,12H,6,8-9,17H2,1H3;1H/t10-,12+;/m0./s1. The zero-order valence-corrected chi connectivity index (χ0v) is 12.7. The molecule has 0 bridgehead atoms. The Morgan fingerprint density at radius 3 is 2.62 bits per heavy atom. The summed E-state index contributed by atoms with van der Waals surface area (Å²) in [6.07, 6.45) is 4.34. The number of rotatable bonds is 1. The van der Waals surface area contributed by atoms with Crippen molar-refractivity contribution in [2.45, 2.75) is 19.4 Å². The van der Waals surface area contributed by atoms with E-state index in [4.69, 9.17) is 11.0 Å². The van der Waals surface area contributed by atoms with Crippen LogP contribution in [0.15, 0.2) is 24.5 Å². The Morgan fingerprint density at radius 1 is 1.24 bits per heavy atom. The molecule has 0 spiro atoms. The average molecular weight is 304 g/mol. The summed E-state index contributed by atoms with van der Waals surface area (Å²) in [4.78, 5) is 11.0. The highest BCUT2D eigenvalue weighted by Gasteiger charge is 2.24. The lowest BCUT2D eigenvalue weighted by atomic mass is 9.96. The third-order valence-corrected chi connectivity index (χ3v) is 3.76. The summed E-state index contributed by atoms with van der Waals surface area (Å²) in [5.74, 6) is 0.557. The fourth-order valence-corrected chi connectivity index (χ4v) is 2.98. The van der Waals surface area contributed by atoms with E-state index in [-0.39, 0.29) is 18.4 Å². The first kappa shape index (κ1) is 15.5. The molecule has 5 nitrogen and oxygen atoms in total. The summed E-state index contributed by atoms with van der Waals surface area (Å²) >= 11 is 0. The predicted molar refractivity (Wildman–Crippen MR) is 85.5 cm³/mol. The predicted octanol–water partition coefficient (Wildman–Crippen LogP) is 2.10. The van der Waals surface area contributed by atoms with Crippen molar-refractivity contribution in [3.8, 4) is 6.07 Å². The molecule has 6 heteroatoms. The third-order valence-electron chi connectivity index (χ3n) is 3.76. The van der Waals surface area contributed by atoms with Crippen molar-refractivity contribution in [3.63, 3.8) is 0 Å². The maximum Gasteiger partial charge on any atom is 0.113 e. The van der Waals surface area contributed by atoms with Gasteiger partial charge in [-0.2, -0.15) is 5.26 Å². The van der Waals surface area contributed by atoms with Crippen LogP contribution in [-0.4, -0.2) is 29.1 Å². The number of nitriles is 1. The molecule has 1 aliphatic rings. The van der Waals surface area contributed by atoms with Gasteiger partial charge >= 0.3 is 0 Å².